The Kier molecular flexibility index (Phi) is 7.58. The third-order valence-corrected chi connectivity index (χ3v) is 5.80. The highest BCUT2D eigenvalue weighted by Gasteiger charge is 2.33. The number of imide groups is 1. The van der Waals surface area contributed by atoms with E-state index in [1.807, 2.05) is 24.3 Å². The standard InChI is InChI=1S/C24H26N2O5S/c1-5-26-23(28)21(32-24(26)29)13-16-10-11-19(20(12-16)30-4)31-14-22(27)25-18-9-7-6-8-17(18)15(2)3/h6-13,15H,5,14H2,1-4H3,(H,25,27)/b21-13-. The summed E-state index contributed by atoms with van der Waals surface area (Å²) in [4.78, 5) is 38.1. The van der Waals surface area contributed by atoms with Crippen LogP contribution < -0.4 is 14.8 Å². The van der Waals surface area contributed by atoms with Crippen LogP contribution in [0.25, 0.3) is 6.08 Å². The molecule has 3 amide bonds. The maximum atomic E-state index is 12.4. The maximum Gasteiger partial charge on any atom is 0.293 e. The van der Waals surface area contributed by atoms with E-state index in [2.05, 4.69) is 19.2 Å². The molecule has 0 bridgehead atoms. The van der Waals surface area contributed by atoms with Crippen LogP contribution in [0.1, 0.15) is 37.8 Å². The Labute approximate surface area is 191 Å². The van der Waals surface area contributed by atoms with Gasteiger partial charge >= 0.3 is 0 Å². The number of nitrogens with zero attached hydrogens (tertiary/aromatic N) is 1. The Hall–Kier alpha value is -3.26. The predicted molar refractivity (Wildman–Crippen MR) is 126 cm³/mol. The summed E-state index contributed by atoms with van der Waals surface area (Å²) in [6.45, 7) is 6.04. The normalized spacial score (nSPS) is 14.9. The van der Waals surface area contributed by atoms with Gasteiger partial charge in [-0.05, 0) is 60.0 Å². The van der Waals surface area contributed by atoms with Crippen molar-refractivity contribution >= 4 is 40.6 Å². The summed E-state index contributed by atoms with van der Waals surface area (Å²) in [7, 11) is 1.50. The van der Waals surface area contributed by atoms with Crippen LogP contribution in [-0.2, 0) is 9.59 Å². The van der Waals surface area contributed by atoms with Crippen LogP contribution in [0.4, 0.5) is 10.5 Å². The molecule has 1 heterocycles. The second-order valence-corrected chi connectivity index (χ2v) is 8.41. The van der Waals surface area contributed by atoms with Crippen LogP contribution >= 0.6 is 11.8 Å². The van der Waals surface area contributed by atoms with Gasteiger partial charge in [0.1, 0.15) is 0 Å². The van der Waals surface area contributed by atoms with Crippen molar-refractivity contribution in [1.82, 2.24) is 4.90 Å². The van der Waals surface area contributed by atoms with Gasteiger partial charge < -0.3 is 14.8 Å². The minimum absolute atomic E-state index is 0.183. The topological polar surface area (TPSA) is 84.9 Å². The summed E-state index contributed by atoms with van der Waals surface area (Å²) in [6.07, 6.45) is 1.64. The van der Waals surface area contributed by atoms with Gasteiger partial charge in [0.05, 0.1) is 12.0 Å². The SMILES string of the molecule is CCN1C(=O)S/C(=C\c2ccc(OCC(=O)Nc3ccccc3C(C)C)c(OC)c2)C1=O. The van der Waals surface area contributed by atoms with Gasteiger partial charge in [0.2, 0.25) is 0 Å². The molecule has 8 heteroatoms. The van der Waals surface area contributed by atoms with Gasteiger partial charge in [-0.1, -0.05) is 38.1 Å². The smallest absolute Gasteiger partial charge is 0.293 e. The fourth-order valence-corrected chi connectivity index (χ4v) is 4.16. The third kappa shape index (κ3) is 5.31. The third-order valence-electron chi connectivity index (χ3n) is 4.89. The fraction of sp³-hybridized carbons (Fsp3) is 0.292. The average molecular weight is 455 g/mol. The number of anilines is 1. The number of carbonyl (C=O) groups excluding carboxylic acids is 3. The van der Waals surface area contributed by atoms with Crippen molar-refractivity contribution in [3.8, 4) is 11.5 Å². The summed E-state index contributed by atoms with van der Waals surface area (Å²) in [5.41, 5.74) is 2.50. The number of methoxy groups -OCH3 is 1. The zero-order chi connectivity index (χ0) is 23.3. The number of amides is 3. The first-order chi connectivity index (χ1) is 15.3. The summed E-state index contributed by atoms with van der Waals surface area (Å²) < 4.78 is 11.1. The van der Waals surface area contributed by atoms with Crippen molar-refractivity contribution < 1.29 is 23.9 Å². The zero-order valence-electron chi connectivity index (χ0n) is 18.5. The molecule has 0 aliphatic carbocycles. The molecule has 0 unspecified atom stereocenters. The number of benzene rings is 2. The fourth-order valence-electron chi connectivity index (χ4n) is 3.26. The Bertz CT molecular complexity index is 1060. The van der Waals surface area contributed by atoms with Crippen LogP contribution in [0.5, 0.6) is 11.5 Å². The van der Waals surface area contributed by atoms with Crippen LogP contribution in [0.2, 0.25) is 0 Å². The molecule has 2 aromatic carbocycles. The molecule has 0 aromatic heterocycles. The summed E-state index contributed by atoms with van der Waals surface area (Å²) >= 11 is 0.911. The van der Waals surface area contributed by atoms with Crippen molar-refractivity contribution in [3.63, 3.8) is 0 Å². The number of para-hydroxylation sites is 1. The number of nitrogens with one attached hydrogen (secondary N) is 1. The van der Waals surface area contributed by atoms with Gasteiger partial charge in [0.15, 0.2) is 18.1 Å². The van der Waals surface area contributed by atoms with E-state index in [9.17, 15) is 14.4 Å². The molecule has 1 aliphatic heterocycles. The van der Waals surface area contributed by atoms with Crippen LogP contribution in [0.15, 0.2) is 47.4 Å². The second-order valence-electron chi connectivity index (χ2n) is 7.42. The Balaban J connectivity index is 1.68. The zero-order valence-corrected chi connectivity index (χ0v) is 19.3. The first-order valence-corrected chi connectivity index (χ1v) is 11.1. The van der Waals surface area contributed by atoms with Crippen LogP contribution in [-0.4, -0.2) is 42.2 Å². The van der Waals surface area contributed by atoms with E-state index < -0.39 is 0 Å². The molecule has 32 heavy (non-hydrogen) atoms. The minimum Gasteiger partial charge on any atom is -0.493 e. The molecule has 7 nitrogen and oxygen atoms in total. The first-order valence-electron chi connectivity index (χ1n) is 10.3. The second kappa shape index (κ2) is 10.4. The van der Waals surface area contributed by atoms with E-state index in [-0.39, 0.29) is 29.6 Å². The number of hydrogen-bond acceptors (Lipinski definition) is 6. The Morgan fingerprint density at radius 2 is 1.91 bits per heavy atom. The van der Waals surface area contributed by atoms with E-state index in [0.29, 0.717) is 28.5 Å². The van der Waals surface area contributed by atoms with E-state index in [1.165, 1.54) is 12.0 Å². The molecule has 1 N–H and O–H groups in total. The van der Waals surface area contributed by atoms with Crippen molar-refractivity contribution in [2.45, 2.75) is 26.7 Å². The summed E-state index contributed by atoms with van der Waals surface area (Å²) in [5, 5.41) is 2.61. The van der Waals surface area contributed by atoms with Crippen molar-refractivity contribution in [2.75, 3.05) is 25.6 Å². The number of rotatable bonds is 8. The van der Waals surface area contributed by atoms with Gasteiger partial charge in [-0.25, -0.2) is 0 Å². The number of hydrogen-bond donors (Lipinski definition) is 1. The lowest BCUT2D eigenvalue weighted by molar-refractivity contribution is -0.122. The number of ether oxygens (including phenoxy) is 2. The molecular formula is C24H26N2O5S. The highest BCUT2D eigenvalue weighted by atomic mass is 32.2. The quantitative estimate of drug-likeness (QED) is 0.572. The average Bonchev–Trinajstić information content (AvgIpc) is 3.04. The van der Waals surface area contributed by atoms with E-state index in [0.717, 1.165) is 23.0 Å². The molecule has 0 spiro atoms. The van der Waals surface area contributed by atoms with Crippen molar-refractivity contribution in [2.24, 2.45) is 0 Å². The predicted octanol–water partition coefficient (Wildman–Crippen LogP) is 4.89. The molecule has 1 fully saturated rings. The molecule has 1 aliphatic rings. The summed E-state index contributed by atoms with van der Waals surface area (Å²) in [6, 6.07) is 12.8. The minimum atomic E-state index is -0.305. The maximum absolute atomic E-state index is 12.4. The molecule has 2 aromatic rings. The Morgan fingerprint density at radius 1 is 1.16 bits per heavy atom. The van der Waals surface area contributed by atoms with Gasteiger partial charge in [-0.3, -0.25) is 19.3 Å². The lowest BCUT2D eigenvalue weighted by Gasteiger charge is -2.15. The lowest BCUT2D eigenvalue weighted by atomic mass is 10.0. The van der Waals surface area contributed by atoms with Gasteiger partial charge in [-0.15, -0.1) is 0 Å². The van der Waals surface area contributed by atoms with Gasteiger partial charge in [-0.2, -0.15) is 0 Å². The molecule has 0 atom stereocenters. The molecule has 0 saturated carbocycles. The molecule has 168 valence electrons. The number of likely N-dealkylation sites (N-methyl/N-ethyl adjacent to an activating group) is 1. The number of carbonyl (C=O) groups is 3. The largest absolute Gasteiger partial charge is 0.493 e. The van der Waals surface area contributed by atoms with Crippen molar-refractivity contribution in [3.05, 3.63) is 58.5 Å². The van der Waals surface area contributed by atoms with E-state index >= 15 is 0 Å². The number of thioether (sulfide) groups is 1. The first kappa shape index (κ1) is 23.4. The van der Waals surface area contributed by atoms with Gasteiger partial charge in [0.25, 0.3) is 17.1 Å². The molecular weight excluding hydrogens is 428 g/mol. The van der Waals surface area contributed by atoms with Crippen LogP contribution in [0, 0.1) is 0 Å². The van der Waals surface area contributed by atoms with Crippen LogP contribution in [0.3, 0.4) is 0 Å². The summed E-state index contributed by atoms with van der Waals surface area (Å²) in [5.74, 6) is 0.513. The van der Waals surface area contributed by atoms with E-state index in [1.54, 1.807) is 31.2 Å². The molecule has 1 saturated heterocycles. The van der Waals surface area contributed by atoms with E-state index in [4.69, 9.17) is 9.47 Å². The molecule has 3 rings (SSSR count). The lowest BCUT2D eigenvalue weighted by Crippen LogP contribution is -2.27. The monoisotopic (exact) mass is 454 g/mol. The highest BCUT2D eigenvalue weighted by molar-refractivity contribution is 8.18. The highest BCUT2D eigenvalue weighted by Crippen LogP contribution is 2.34. The molecule has 0 radical (unpaired) electrons. The van der Waals surface area contributed by atoms with Gasteiger partial charge in [0, 0.05) is 12.2 Å². The Morgan fingerprint density at radius 3 is 2.56 bits per heavy atom. The van der Waals surface area contributed by atoms with Crippen molar-refractivity contribution in [1.29, 1.82) is 0 Å².